The summed E-state index contributed by atoms with van der Waals surface area (Å²) in [6.45, 7) is 6.22. The van der Waals surface area contributed by atoms with Crippen molar-refractivity contribution in [3.63, 3.8) is 0 Å². The van der Waals surface area contributed by atoms with Gasteiger partial charge in [-0.25, -0.2) is 0 Å². The van der Waals surface area contributed by atoms with E-state index in [0.717, 1.165) is 22.7 Å². The van der Waals surface area contributed by atoms with E-state index in [9.17, 15) is 4.79 Å². The van der Waals surface area contributed by atoms with Crippen LogP contribution >= 0.6 is 0 Å². The van der Waals surface area contributed by atoms with Crippen molar-refractivity contribution >= 4 is 17.3 Å². The highest BCUT2D eigenvalue weighted by Crippen LogP contribution is 2.21. The molecule has 0 aliphatic heterocycles. The third-order valence-corrected chi connectivity index (χ3v) is 3.02. The number of ether oxygens (including phenoxy) is 1. The fraction of sp³-hybridized carbons (Fsp3) is 0.278. The molecular weight excluding hydrogens is 276 g/mol. The summed E-state index contributed by atoms with van der Waals surface area (Å²) in [6, 6.07) is 15.6. The normalized spacial score (nSPS) is 10.4. The van der Waals surface area contributed by atoms with E-state index in [-0.39, 0.29) is 12.0 Å². The zero-order valence-electron chi connectivity index (χ0n) is 13.2. The van der Waals surface area contributed by atoms with Crippen molar-refractivity contribution in [1.29, 1.82) is 0 Å². The third kappa shape index (κ3) is 4.81. The molecule has 0 aliphatic rings. The fourth-order valence-electron chi connectivity index (χ4n) is 2.09. The van der Waals surface area contributed by atoms with E-state index in [0.29, 0.717) is 6.54 Å². The lowest BCUT2D eigenvalue weighted by Gasteiger charge is -2.15. The summed E-state index contributed by atoms with van der Waals surface area (Å²) in [7, 11) is 0. The Morgan fingerprint density at radius 3 is 2.32 bits per heavy atom. The van der Waals surface area contributed by atoms with Crippen LogP contribution in [-0.2, 0) is 11.3 Å². The molecule has 1 amide bonds. The molecular formula is C18H22N2O2. The Balaban J connectivity index is 1.99. The zero-order chi connectivity index (χ0) is 15.9. The van der Waals surface area contributed by atoms with E-state index in [1.54, 1.807) is 0 Å². The van der Waals surface area contributed by atoms with Crippen molar-refractivity contribution < 1.29 is 9.53 Å². The lowest BCUT2D eigenvalue weighted by Crippen LogP contribution is -2.09. The second-order valence-electron chi connectivity index (χ2n) is 5.39. The highest BCUT2D eigenvalue weighted by atomic mass is 16.5. The number of anilines is 2. The molecule has 0 saturated carbocycles. The molecule has 0 bridgehead atoms. The number of amides is 1. The Labute approximate surface area is 131 Å². The lowest BCUT2D eigenvalue weighted by atomic mass is 10.2. The van der Waals surface area contributed by atoms with Gasteiger partial charge < -0.3 is 15.4 Å². The Hall–Kier alpha value is -2.49. The number of benzene rings is 2. The molecule has 0 fully saturated rings. The third-order valence-electron chi connectivity index (χ3n) is 3.02. The number of para-hydroxylation sites is 1. The minimum Gasteiger partial charge on any atom is -0.491 e. The van der Waals surface area contributed by atoms with Crippen molar-refractivity contribution in [1.82, 2.24) is 0 Å². The molecule has 116 valence electrons. The van der Waals surface area contributed by atoms with Gasteiger partial charge in [-0.3, -0.25) is 4.79 Å². The first kappa shape index (κ1) is 15.9. The summed E-state index contributed by atoms with van der Waals surface area (Å²) in [5, 5.41) is 6.11. The topological polar surface area (TPSA) is 50.4 Å². The van der Waals surface area contributed by atoms with Gasteiger partial charge >= 0.3 is 0 Å². The van der Waals surface area contributed by atoms with Gasteiger partial charge in [-0.15, -0.1) is 0 Å². The average Bonchev–Trinajstić information content (AvgIpc) is 2.47. The molecule has 0 aromatic heterocycles. The molecule has 0 radical (unpaired) electrons. The highest BCUT2D eigenvalue weighted by Gasteiger charge is 2.05. The van der Waals surface area contributed by atoms with E-state index >= 15 is 0 Å². The monoisotopic (exact) mass is 298 g/mol. The highest BCUT2D eigenvalue weighted by molar-refractivity contribution is 5.88. The molecule has 0 unspecified atom stereocenters. The minimum absolute atomic E-state index is 0.0690. The number of carbonyl (C=O) groups excluding carboxylic acids is 1. The summed E-state index contributed by atoms with van der Waals surface area (Å²) in [5.41, 5.74) is 2.90. The molecule has 2 N–H and O–H groups in total. The standard InChI is InChI=1S/C18H22N2O2/c1-13(2)22-18-7-5-4-6-15(18)12-19-16-8-10-17(11-9-16)20-14(3)21/h4-11,13,19H,12H2,1-3H3,(H,20,21). The first-order valence-corrected chi connectivity index (χ1v) is 7.40. The molecule has 0 spiro atoms. The maximum absolute atomic E-state index is 11.0. The van der Waals surface area contributed by atoms with E-state index < -0.39 is 0 Å². The summed E-state index contributed by atoms with van der Waals surface area (Å²) < 4.78 is 5.81. The van der Waals surface area contributed by atoms with Gasteiger partial charge in [0.15, 0.2) is 0 Å². The Kier molecular flexibility index (Phi) is 5.42. The van der Waals surface area contributed by atoms with Gasteiger partial charge in [0, 0.05) is 30.4 Å². The SMILES string of the molecule is CC(=O)Nc1ccc(NCc2ccccc2OC(C)C)cc1. The predicted octanol–water partition coefficient (Wildman–Crippen LogP) is 4.04. The summed E-state index contributed by atoms with van der Waals surface area (Å²) in [6.07, 6.45) is 0.151. The van der Waals surface area contributed by atoms with Crippen LogP contribution < -0.4 is 15.4 Å². The molecule has 2 rings (SSSR count). The first-order valence-electron chi connectivity index (χ1n) is 7.40. The summed E-state index contributed by atoms with van der Waals surface area (Å²) >= 11 is 0. The number of rotatable bonds is 6. The van der Waals surface area contributed by atoms with E-state index in [1.807, 2.05) is 56.3 Å². The molecule has 0 heterocycles. The molecule has 4 nitrogen and oxygen atoms in total. The maximum atomic E-state index is 11.0. The van der Waals surface area contributed by atoms with Gasteiger partial charge in [0.25, 0.3) is 0 Å². The average molecular weight is 298 g/mol. The van der Waals surface area contributed by atoms with Gasteiger partial charge in [-0.1, -0.05) is 18.2 Å². The predicted molar refractivity (Wildman–Crippen MR) is 90.3 cm³/mol. The van der Waals surface area contributed by atoms with Crippen molar-refractivity contribution in [3.05, 3.63) is 54.1 Å². The molecule has 2 aromatic carbocycles. The molecule has 0 atom stereocenters. The van der Waals surface area contributed by atoms with E-state index in [2.05, 4.69) is 16.7 Å². The van der Waals surface area contributed by atoms with Crippen molar-refractivity contribution in [2.45, 2.75) is 33.4 Å². The van der Waals surface area contributed by atoms with Crippen LogP contribution in [0.4, 0.5) is 11.4 Å². The van der Waals surface area contributed by atoms with Gasteiger partial charge in [0.05, 0.1) is 6.10 Å². The quantitative estimate of drug-likeness (QED) is 0.846. The van der Waals surface area contributed by atoms with Crippen molar-refractivity contribution in [2.24, 2.45) is 0 Å². The Morgan fingerprint density at radius 1 is 1.05 bits per heavy atom. The van der Waals surface area contributed by atoms with Gasteiger partial charge in [-0.2, -0.15) is 0 Å². The second kappa shape index (κ2) is 7.50. The van der Waals surface area contributed by atoms with E-state index in [1.165, 1.54) is 6.92 Å². The van der Waals surface area contributed by atoms with Crippen molar-refractivity contribution in [3.8, 4) is 5.75 Å². The Morgan fingerprint density at radius 2 is 1.68 bits per heavy atom. The number of hydrogen-bond acceptors (Lipinski definition) is 3. The molecule has 0 aliphatic carbocycles. The van der Waals surface area contributed by atoms with Crippen LogP contribution in [0, 0.1) is 0 Å². The fourth-order valence-corrected chi connectivity index (χ4v) is 2.09. The largest absolute Gasteiger partial charge is 0.491 e. The first-order chi connectivity index (χ1) is 10.5. The second-order valence-corrected chi connectivity index (χ2v) is 5.39. The smallest absolute Gasteiger partial charge is 0.221 e. The van der Waals surface area contributed by atoms with Crippen LogP contribution in [0.5, 0.6) is 5.75 Å². The molecule has 4 heteroatoms. The van der Waals surface area contributed by atoms with Crippen LogP contribution in [0.3, 0.4) is 0 Å². The van der Waals surface area contributed by atoms with Crippen LogP contribution in [0.2, 0.25) is 0 Å². The van der Waals surface area contributed by atoms with E-state index in [4.69, 9.17) is 4.74 Å². The number of carbonyl (C=O) groups is 1. The summed E-state index contributed by atoms with van der Waals surface area (Å²) in [5.74, 6) is 0.834. The van der Waals surface area contributed by atoms with Gasteiger partial charge in [-0.05, 0) is 44.2 Å². The van der Waals surface area contributed by atoms with Gasteiger partial charge in [0.2, 0.25) is 5.91 Å². The Bertz CT molecular complexity index is 621. The maximum Gasteiger partial charge on any atom is 0.221 e. The van der Waals surface area contributed by atoms with Gasteiger partial charge in [0.1, 0.15) is 5.75 Å². The lowest BCUT2D eigenvalue weighted by molar-refractivity contribution is -0.114. The molecule has 22 heavy (non-hydrogen) atoms. The summed E-state index contributed by atoms with van der Waals surface area (Å²) in [4.78, 5) is 11.0. The minimum atomic E-state index is -0.0690. The van der Waals surface area contributed by atoms with Crippen LogP contribution in [0.25, 0.3) is 0 Å². The van der Waals surface area contributed by atoms with Crippen LogP contribution in [0.1, 0.15) is 26.3 Å². The van der Waals surface area contributed by atoms with Crippen LogP contribution in [-0.4, -0.2) is 12.0 Å². The zero-order valence-corrected chi connectivity index (χ0v) is 13.2. The van der Waals surface area contributed by atoms with Crippen LogP contribution in [0.15, 0.2) is 48.5 Å². The number of hydrogen-bond donors (Lipinski definition) is 2. The number of nitrogens with one attached hydrogen (secondary N) is 2. The van der Waals surface area contributed by atoms with Crippen molar-refractivity contribution in [2.75, 3.05) is 10.6 Å². The molecule has 0 saturated heterocycles. The molecule has 2 aromatic rings.